The maximum absolute atomic E-state index is 13.5. The summed E-state index contributed by atoms with van der Waals surface area (Å²) in [6.07, 6.45) is -10.7. The molecule has 0 bridgehead atoms. The normalized spacial score (nSPS) is 12.8. The number of nitrogens with one attached hydrogen (secondary N) is 2. The third kappa shape index (κ3) is 4.04. The lowest BCUT2D eigenvalue weighted by Gasteiger charge is -2.38. The van der Waals surface area contributed by atoms with Gasteiger partial charge in [-0.2, -0.15) is 26.3 Å². The van der Waals surface area contributed by atoms with Crippen molar-refractivity contribution in [2.75, 3.05) is 5.32 Å². The van der Waals surface area contributed by atoms with Gasteiger partial charge in [-0.15, -0.1) is 11.3 Å². The molecule has 0 aliphatic carbocycles. The zero-order valence-electron chi connectivity index (χ0n) is 12.8. The van der Waals surface area contributed by atoms with Gasteiger partial charge in [-0.3, -0.25) is 4.79 Å². The number of rotatable bonds is 4. The van der Waals surface area contributed by atoms with Crippen molar-refractivity contribution in [2.24, 2.45) is 0 Å². The molecule has 2 rings (SSSR count). The molecule has 142 valence electrons. The molecular formula is C14H10ClF6N3OS. The van der Waals surface area contributed by atoms with Crippen LogP contribution in [-0.2, 0) is 0 Å². The van der Waals surface area contributed by atoms with Crippen LogP contribution in [0.1, 0.15) is 15.2 Å². The van der Waals surface area contributed by atoms with Gasteiger partial charge in [-0.25, -0.2) is 4.98 Å². The van der Waals surface area contributed by atoms with Gasteiger partial charge in [-0.1, -0.05) is 11.6 Å². The van der Waals surface area contributed by atoms with E-state index in [0.29, 0.717) is 16.2 Å². The Morgan fingerprint density at radius 2 is 1.62 bits per heavy atom. The maximum atomic E-state index is 13.5. The van der Waals surface area contributed by atoms with Gasteiger partial charge in [0.15, 0.2) is 5.13 Å². The lowest BCUT2D eigenvalue weighted by molar-refractivity contribution is -0.294. The van der Waals surface area contributed by atoms with Crippen LogP contribution in [0.2, 0.25) is 5.02 Å². The second-order valence-electron chi connectivity index (χ2n) is 5.11. The van der Waals surface area contributed by atoms with E-state index in [1.54, 1.807) is 0 Å². The van der Waals surface area contributed by atoms with Crippen molar-refractivity contribution in [3.8, 4) is 0 Å². The molecule has 4 nitrogen and oxygen atoms in total. The largest absolute Gasteiger partial charge is 0.439 e. The molecule has 0 saturated heterocycles. The first-order valence-electron chi connectivity index (χ1n) is 6.78. The smallest absolute Gasteiger partial charge is 0.324 e. The van der Waals surface area contributed by atoms with Crippen LogP contribution in [0.5, 0.6) is 0 Å². The number of benzene rings is 1. The lowest BCUT2D eigenvalue weighted by Crippen LogP contribution is -2.72. The van der Waals surface area contributed by atoms with Crippen molar-refractivity contribution >= 4 is 34.0 Å². The minimum atomic E-state index is -5.91. The summed E-state index contributed by atoms with van der Waals surface area (Å²) in [5.74, 6) is -1.59. The van der Waals surface area contributed by atoms with Crippen molar-refractivity contribution in [1.29, 1.82) is 0 Å². The number of hydrogen-bond acceptors (Lipinski definition) is 4. The SMILES string of the molecule is Cc1cnc(NC(NC(=O)c2ccc(Cl)cc2)(C(F)(F)F)C(F)(F)F)s1. The molecule has 1 amide bonds. The van der Waals surface area contributed by atoms with Crippen molar-refractivity contribution in [2.45, 2.75) is 24.9 Å². The predicted molar refractivity (Wildman–Crippen MR) is 84.2 cm³/mol. The Bertz CT molecular complexity index is 773. The van der Waals surface area contributed by atoms with Gasteiger partial charge in [0.2, 0.25) is 0 Å². The molecule has 2 aromatic rings. The molecule has 26 heavy (non-hydrogen) atoms. The van der Waals surface area contributed by atoms with E-state index in [9.17, 15) is 31.1 Å². The number of anilines is 1. The first kappa shape index (κ1) is 20.3. The van der Waals surface area contributed by atoms with E-state index in [1.165, 1.54) is 12.2 Å². The second kappa shape index (κ2) is 6.95. The van der Waals surface area contributed by atoms with Crippen molar-refractivity contribution in [3.63, 3.8) is 0 Å². The molecule has 12 heteroatoms. The Morgan fingerprint density at radius 1 is 1.08 bits per heavy atom. The summed E-state index contributed by atoms with van der Waals surface area (Å²) in [6.45, 7) is 1.46. The highest BCUT2D eigenvalue weighted by Gasteiger charge is 2.73. The van der Waals surface area contributed by atoms with Crippen LogP contribution in [0, 0.1) is 6.92 Å². The average Bonchev–Trinajstić information content (AvgIpc) is 2.90. The van der Waals surface area contributed by atoms with E-state index in [4.69, 9.17) is 11.6 Å². The van der Waals surface area contributed by atoms with Gasteiger partial charge in [0.1, 0.15) is 0 Å². The Labute approximate surface area is 152 Å². The summed E-state index contributed by atoms with van der Waals surface area (Å²) < 4.78 is 80.8. The van der Waals surface area contributed by atoms with Crippen LogP contribution in [0.15, 0.2) is 30.5 Å². The van der Waals surface area contributed by atoms with E-state index in [2.05, 4.69) is 4.98 Å². The Morgan fingerprint density at radius 3 is 2.04 bits per heavy atom. The molecule has 0 aliphatic rings. The summed E-state index contributed by atoms with van der Waals surface area (Å²) in [5, 5.41) is 1.85. The Kier molecular flexibility index (Phi) is 5.43. The number of carbonyl (C=O) groups is 1. The number of carbonyl (C=O) groups excluding carboxylic acids is 1. The zero-order valence-corrected chi connectivity index (χ0v) is 14.4. The zero-order chi connectivity index (χ0) is 19.8. The summed E-state index contributed by atoms with van der Waals surface area (Å²) in [4.78, 5) is 15.9. The average molecular weight is 418 g/mol. The van der Waals surface area contributed by atoms with Gasteiger partial charge in [-0.05, 0) is 31.2 Å². The standard InChI is InChI=1S/C14H10ClF6N3OS/c1-7-6-22-11(26-7)24-12(13(16,17)18,14(19,20)21)23-10(25)8-2-4-9(15)5-3-8/h2-6H,1H3,(H,22,24)(H,23,25). The van der Waals surface area contributed by atoms with E-state index >= 15 is 0 Å². The van der Waals surface area contributed by atoms with Gasteiger partial charge in [0.25, 0.3) is 5.91 Å². The number of nitrogens with zero attached hydrogens (tertiary/aromatic N) is 1. The fourth-order valence-corrected chi connectivity index (χ4v) is 2.74. The van der Waals surface area contributed by atoms with Crippen LogP contribution >= 0.6 is 22.9 Å². The van der Waals surface area contributed by atoms with Crippen LogP contribution in [-0.4, -0.2) is 28.9 Å². The molecule has 0 saturated carbocycles. The number of thiazole rings is 1. The minimum absolute atomic E-state index is 0.163. The van der Waals surface area contributed by atoms with E-state index in [0.717, 1.165) is 35.8 Å². The molecule has 0 radical (unpaired) electrons. The van der Waals surface area contributed by atoms with Crippen molar-refractivity contribution in [3.05, 3.63) is 45.9 Å². The van der Waals surface area contributed by atoms with Gasteiger partial charge >= 0.3 is 18.0 Å². The molecule has 0 aliphatic heterocycles. The molecule has 0 unspecified atom stereocenters. The molecular weight excluding hydrogens is 408 g/mol. The van der Waals surface area contributed by atoms with E-state index < -0.39 is 34.6 Å². The van der Waals surface area contributed by atoms with Crippen molar-refractivity contribution < 1.29 is 31.1 Å². The van der Waals surface area contributed by atoms with Gasteiger partial charge in [0.05, 0.1) is 0 Å². The monoisotopic (exact) mass is 417 g/mol. The number of aryl methyl sites for hydroxylation is 1. The summed E-state index contributed by atoms with van der Waals surface area (Å²) >= 11 is 6.17. The number of amides is 1. The predicted octanol–water partition coefficient (Wildman–Crippen LogP) is 4.77. The molecule has 1 aromatic heterocycles. The number of halogens is 7. The highest BCUT2D eigenvalue weighted by atomic mass is 35.5. The maximum Gasteiger partial charge on any atom is 0.439 e. The van der Waals surface area contributed by atoms with Crippen LogP contribution in [0.3, 0.4) is 0 Å². The number of alkyl halides is 6. The van der Waals surface area contributed by atoms with Crippen LogP contribution in [0.25, 0.3) is 0 Å². The molecule has 0 spiro atoms. The summed E-state index contributed by atoms with van der Waals surface area (Å²) in [7, 11) is 0. The Balaban J connectivity index is 2.47. The molecule has 2 N–H and O–H groups in total. The van der Waals surface area contributed by atoms with Crippen molar-refractivity contribution in [1.82, 2.24) is 10.3 Å². The minimum Gasteiger partial charge on any atom is -0.324 e. The topological polar surface area (TPSA) is 54.0 Å². The number of aromatic nitrogens is 1. The lowest BCUT2D eigenvalue weighted by atomic mass is 10.1. The second-order valence-corrected chi connectivity index (χ2v) is 6.78. The highest BCUT2D eigenvalue weighted by molar-refractivity contribution is 7.15. The third-order valence-electron chi connectivity index (χ3n) is 3.17. The van der Waals surface area contributed by atoms with E-state index in [1.807, 2.05) is 0 Å². The molecule has 1 heterocycles. The first-order chi connectivity index (χ1) is 11.9. The van der Waals surface area contributed by atoms with E-state index in [-0.39, 0.29) is 5.02 Å². The van der Waals surface area contributed by atoms with Crippen LogP contribution < -0.4 is 10.6 Å². The molecule has 0 fully saturated rings. The molecule has 1 aromatic carbocycles. The fourth-order valence-electron chi connectivity index (χ4n) is 1.89. The first-order valence-corrected chi connectivity index (χ1v) is 7.97. The van der Waals surface area contributed by atoms with Gasteiger partial charge < -0.3 is 10.6 Å². The third-order valence-corrected chi connectivity index (χ3v) is 4.25. The highest BCUT2D eigenvalue weighted by Crippen LogP contribution is 2.44. The molecule has 0 atom stereocenters. The Hall–Kier alpha value is -2.01. The van der Waals surface area contributed by atoms with Gasteiger partial charge in [0, 0.05) is 21.7 Å². The quantitative estimate of drug-likeness (QED) is 0.556. The summed E-state index contributed by atoms with van der Waals surface area (Å²) in [5.41, 5.74) is -5.15. The summed E-state index contributed by atoms with van der Waals surface area (Å²) in [6, 6.07) is 4.33. The fraction of sp³-hybridized carbons (Fsp3) is 0.286. The number of hydrogen-bond donors (Lipinski definition) is 2. The van der Waals surface area contributed by atoms with Crippen LogP contribution in [0.4, 0.5) is 31.5 Å².